The van der Waals surface area contributed by atoms with Crippen LogP contribution in [0.5, 0.6) is 5.75 Å². The van der Waals surface area contributed by atoms with Gasteiger partial charge in [0.05, 0.1) is 18.9 Å². The number of carbonyl (C=O) groups is 1. The summed E-state index contributed by atoms with van der Waals surface area (Å²) in [6.45, 7) is 0.337. The van der Waals surface area contributed by atoms with Crippen molar-refractivity contribution in [3.63, 3.8) is 0 Å². The van der Waals surface area contributed by atoms with Crippen LogP contribution in [0.3, 0.4) is 0 Å². The normalized spacial score (nSPS) is 15.9. The van der Waals surface area contributed by atoms with Crippen LogP contribution >= 0.6 is 0 Å². The summed E-state index contributed by atoms with van der Waals surface area (Å²) in [6.07, 6.45) is -5.02. The van der Waals surface area contributed by atoms with Crippen LogP contribution in [-0.4, -0.2) is 23.9 Å². The molecular weight excluding hydrogens is 249 g/mol. The van der Waals surface area contributed by atoms with Gasteiger partial charge in [0.1, 0.15) is 5.75 Å². The van der Waals surface area contributed by atoms with Crippen molar-refractivity contribution in [3.8, 4) is 5.75 Å². The first-order chi connectivity index (χ1) is 8.39. The SMILES string of the molecule is O=C(O)CC(c1cccc2c1OCC2)C(F)(F)F. The molecule has 0 aliphatic carbocycles. The molecule has 6 heteroatoms. The molecule has 0 aromatic heterocycles. The average Bonchev–Trinajstić information content (AvgIpc) is 2.71. The zero-order valence-corrected chi connectivity index (χ0v) is 9.33. The molecule has 0 bridgehead atoms. The summed E-state index contributed by atoms with van der Waals surface area (Å²) in [4.78, 5) is 10.6. The molecule has 1 N–H and O–H groups in total. The number of carboxylic acids is 1. The Kier molecular flexibility index (Phi) is 3.19. The van der Waals surface area contributed by atoms with Crippen molar-refractivity contribution in [1.29, 1.82) is 0 Å². The first kappa shape index (κ1) is 12.7. The number of alkyl halides is 3. The Morgan fingerprint density at radius 1 is 1.44 bits per heavy atom. The summed E-state index contributed by atoms with van der Waals surface area (Å²) in [6, 6.07) is 4.48. The van der Waals surface area contributed by atoms with Gasteiger partial charge in [-0.15, -0.1) is 0 Å². The van der Waals surface area contributed by atoms with Gasteiger partial charge in [0, 0.05) is 12.0 Å². The van der Waals surface area contributed by atoms with Gasteiger partial charge in [-0.2, -0.15) is 13.2 Å². The maximum atomic E-state index is 12.9. The number of carboxylic acid groups (broad SMARTS) is 1. The zero-order valence-electron chi connectivity index (χ0n) is 9.33. The Morgan fingerprint density at radius 2 is 2.17 bits per heavy atom. The maximum Gasteiger partial charge on any atom is 0.396 e. The molecule has 1 aromatic carbocycles. The lowest BCUT2D eigenvalue weighted by molar-refractivity contribution is -0.163. The molecule has 1 aliphatic heterocycles. The van der Waals surface area contributed by atoms with Gasteiger partial charge < -0.3 is 9.84 Å². The van der Waals surface area contributed by atoms with Crippen LogP contribution < -0.4 is 4.74 Å². The van der Waals surface area contributed by atoms with Crippen LogP contribution in [0, 0.1) is 0 Å². The highest BCUT2D eigenvalue weighted by Gasteiger charge is 2.44. The highest BCUT2D eigenvalue weighted by atomic mass is 19.4. The van der Waals surface area contributed by atoms with Crippen LogP contribution in [0.15, 0.2) is 18.2 Å². The second-order valence-electron chi connectivity index (χ2n) is 4.13. The molecule has 0 spiro atoms. The summed E-state index contributed by atoms with van der Waals surface area (Å²) in [7, 11) is 0. The van der Waals surface area contributed by atoms with E-state index in [9.17, 15) is 18.0 Å². The van der Waals surface area contributed by atoms with Crippen LogP contribution in [0.4, 0.5) is 13.2 Å². The third kappa shape index (κ3) is 2.42. The molecule has 1 heterocycles. The van der Waals surface area contributed by atoms with Crippen molar-refractivity contribution in [2.75, 3.05) is 6.61 Å². The molecule has 0 amide bonds. The van der Waals surface area contributed by atoms with Gasteiger partial charge in [-0.05, 0) is 5.56 Å². The van der Waals surface area contributed by atoms with Gasteiger partial charge in [-0.3, -0.25) is 4.79 Å². The number of aliphatic carboxylic acids is 1. The molecule has 0 radical (unpaired) electrons. The number of para-hydroxylation sites is 1. The van der Waals surface area contributed by atoms with Gasteiger partial charge in [-0.25, -0.2) is 0 Å². The fraction of sp³-hybridized carbons (Fsp3) is 0.417. The second kappa shape index (κ2) is 4.51. The molecule has 0 saturated carbocycles. The molecule has 1 aromatic rings. The van der Waals surface area contributed by atoms with E-state index in [-0.39, 0.29) is 11.3 Å². The van der Waals surface area contributed by atoms with E-state index in [1.807, 2.05) is 0 Å². The van der Waals surface area contributed by atoms with E-state index in [0.29, 0.717) is 18.6 Å². The van der Waals surface area contributed by atoms with E-state index in [0.717, 1.165) is 0 Å². The molecule has 0 saturated heterocycles. The number of rotatable bonds is 3. The second-order valence-corrected chi connectivity index (χ2v) is 4.13. The molecule has 3 nitrogen and oxygen atoms in total. The van der Waals surface area contributed by atoms with E-state index in [2.05, 4.69) is 0 Å². The van der Waals surface area contributed by atoms with E-state index in [1.165, 1.54) is 12.1 Å². The Morgan fingerprint density at radius 3 is 2.78 bits per heavy atom. The molecule has 18 heavy (non-hydrogen) atoms. The average molecular weight is 260 g/mol. The lowest BCUT2D eigenvalue weighted by Gasteiger charge is -2.20. The monoisotopic (exact) mass is 260 g/mol. The summed E-state index contributed by atoms with van der Waals surface area (Å²) in [5.74, 6) is -3.31. The molecular formula is C12H11F3O3. The minimum atomic E-state index is -4.60. The lowest BCUT2D eigenvalue weighted by Crippen LogP contribution is -2.24. The number of halogens is 3. The summed E-state index contributed by atoms with van der Waals surface area (Å²) < 4.78 is 43.9. The fourth-order valence-corrected chi connectivity index (χ4v) is 2.09. The Labute approximate surface area is 101 Å². The zero-order chi connectivity index (χ0) is 13.3. The number of ether oxygens (including phenoxy) is 1. The minimum absolute atomic E-state index is 0.0834. The number of hydrogen-bond acceptors (Lipinski definition) is 2. The van der Waals surface area contributed by atoms with E-state index >= 15 is 0 Å². The van der Waals surface area contributed by atoms with Crippen molar-refractivity contribution in [3.05, 3.63) is 29.3 Å². The third-order valence-corrected chi connectivity index (χ3v) is 2.89. The highest BCUT2D eigenvalue weighted by Crippen LogP contribution is 2.43. The highest BCUT2D eigenvalue weighted by molar-refractivity contribution is 5.68. The van der Waals surface area contributed by atoms with Gasteiger partial charge in [0.2, 0.25) is 0 Å². The van der Waals surface area contributed by atoms with Crippen molar-refractivity contribution >= 4 is 5.97 Å². The van der Waals surface area contributed by atoms with Crippen molar-refractivity contribution in [2.24, 2.45) is 0 Å². The maximum absolute atomic E-state index is 12.9. The quantitative estimate of drug-likeness (QED) is 0.908. The predicted molar refractivity (Wildman–Crippen MR) is 56.7 cm³/mol. The Bertz CT molecular complexity index is 468. The summed E-state index contributed by atoms with van der Waals surface area (Å²) in [5, 5.41) is 8.62. The first-order valence-corrected chi connectivity index (χ1v) is 5.42. The summed E-state index contributed by atoms with van der Waals surface area (Å²) >= 11 is 0. The fourth-order valence-electron chi connectivity index (χ4n) is 2.09. The van der Waals surface area contributed by atoms with Gasteiger partial charge in [0.25, 0.3) is 0 Å². The molecule has 98 valence electrons. The number of benzene rings is 1. The van der Waals surface area contributed by atoms with Gasteiger partial charge in [0.15, 0.2) is 0 Å². The third-order valence-electron chi connectivity index (χ3n) is 2.89. The Balaban J connectivity index is 2.43. The van der Waals surface area contributed by atoms with Crippen LogP contribution in [0.25, 0.3) is 0 Å². The molecule has 1 unspecified atom stereocenters. The first-order valence-electron chi connectivity index (χ1n) is 5.42. The van der Waals surface area contributed by atoms with E-state index in [4.69, 9.17) is 9.84 Å². The topological polar surface area (TPSA) is 46.5 Å². The van der Waals surface area contributed by atoms with Gasteiger partial charge in [-0.1, -0.05) is 18.2 Å². The Hall–Kier alpha value is -1.72. The smallest absolute Gasteiger partial charge is 0.396 e. The minimum Gasteiger partial charge on any atom is -0.493 e. The van der Waals surface area contributed by atoms with Crippen molar-refractivity contribution in [1.82, 2.24) is 0 Å². The lowest BCUT2D eigenvalue weighted by atomic mass is 9.92. The number of hydrogen-bond donors (Lipinski definition) is 1. The molecule has 1 atom stereocenters. The van der Waals surface area contributed by atoms with Crippen molar-refractivity contribution < 1.29 is 27.8 Å². The van der Waals surface area contributed by atoms with Gasteiger partial charge >= 0.3 is 12.1 Å². The van der Waals surface area contributed by atoms with Crippen molar-refractivity contribution in [2.45, 2.75) is 24.9 Å². The molecule has 2 rings (SSSR count). The number of fused-ring (bicyclic) bond motifs is 1. The van der Waals surface area contributed by atoms with E-state index in [1.54, 1.807) is 6.07 Å². The largest absolute Gasteiger partial charge is 0.493 e. The predicted octanol–water partition coefficient (Wildman–Crippen LogP) is 2.74. The van der Waals surface area contributed by atoms with E-state index < -0.39 is 24.5 Å². The molecule has 0 fully saturated rings. The van der Waals surface area contributed by atoms with Crippen LogP contribution in [0.2, 0.25) is 0 Å². The van der Waals surface area contributed by atoms with Crippen LogP contribution in [0.1, 0.15) is 23.5 Å². The van der Waals surface area contributed by atoms with Crippen LogP contribution in [-0.2, 0) is 11.2 Å². The molecule has 1 aliphatic rings. The summed E-state index contributed by atoms with van der Waals surface area (Å²) in [5.41, 5.74) is 0.618. The standard InChI is InChI=1S/C12H11F3O3/c13-12(14,15)9(6-10(16)17)8-3-1-2-7-4-5-18-11(7)8/h1-3,9H,4-6H2,(H,16,17).